The first-order chi connectivity index (χ1) is 13.6. The summed E-state index contributed by atoms with van der Waals surface area (Å²) in [4.78, 5) is 17.9. The number of hydrogen-bond donors (Lipinski definition) is 1. The van der Waals surface area contributed by atoms with E-state index in [4.69, 9.17) is 23.2 Å². The van der Waals surface area contributed by atoms with Gasteiger partial charge in [0.05, 0.1) is 11.3 Å². The SMILES string of the molecule is O=C(/C=C/c1cccc(Sc2ccc(Cl)cc2Cl)c1)NCCCn1ccnc1. The number of aromatic nitrogens is 2. The van der Waals surface area contributed by atoms with Gasteiger partial charge in [-0.1, -0.05) is 47.1 Å². The Morgan fingerprint density at radius 3 is 2.89 bits per heavy atom. The topological polar surface area (TPSA) is 46.9 Å². The molecular weight excluding hydrogens is 413 g/mol. The van der Waals surface area contributed by atoms with Gasteiger partial charge in [0, 0.05) is 46.4 Å². The highest BCUT2D eigenvalue weighted by Crippen LogP contribution is 2.35. The highest BCUT2D eigenvalue weighted by molar-refractivity contribution is 7.99. The Labute approximate surface area is 178 Å². The molecule has 0 saturated carbocycles. The molecule has 0 atom stereocenters. The molecule has 0 unspecified atom stereocenters. The first-order valence-corrected chi connectivity index (χ1v) is 10.3. The highest BCUT2D eigenvalue weighted by Gasteiger charge is 2.04. The molecule has 1 amide bonds. The van der Waals surface area contributed by atoms with E-state index in [1.165, 1.54) is 0 Å². The molecule has 4 nitrogen and oxygen atoms in total. The number of nitrogens with one attached hydrogen (secondary N) is 1. The third kappa shape index (κ3) is 6.44. The number of amides is 1. The predicted molar refractivity (Wildman–Crippen MR) is 116 cm³/mol. The van der Waals surface area contributed by atoms with E-state index in [9.17, 15) is 4.79 Å². The second-order valence-corrected chi connectivity index (χ2v) is 7.99. The van der Waals surface area contributed by atoms with Crippen LogP contribution in [0.15, 0.2) is 77.1 Å². The summed E-state index contributed by atoms with van der Waals surface area (Å²) < 4.78 is 1.98. The number of nitrogens with zero attached hydrogens (tertiary/aromatic N) is 2. The van der Waals surface area contributed by atoms with Gasteiger partial charge in [-0.25, -0.2) is 4.98 Å². The van der Waals surface area contributed by atoms with Crippen molar-refractivity contribution in [2.45, 2.75) is 22.8 Å². The molecule has 1 N–H and O–H groups in total. The summed E-state index contributed by atoms with van der Waals surface area (Å²) in [7, 11) is 0. The molecule has 3 aromatic rings. The summed E-state index contributed by atoms with van der Waals surface area (Å²) in [6.07, 6.45) is 9.63. The van der Waals surface area contributed by atoms with E-state index in [1.54, 1.807) is 42.5 Å². The Hall–Kier alpha value is -2.21. The van der Waals surface area contributed by atoms with Crippen LogP contribution in [0.1, 0.15) is 12.0 Å². The normalized spacial score (nSPS) is 11.1. The smallest absolute Gasteiger partial charge is 0.244 e. The predicted octanol–water partition coefficient (Wildman–Crippen LogP) is 5.56. The zero-order chi connectivity index (χ0) is 19.8. The van der Waals surface area contributed by atoms with E-state index in [0.29, 0.717) is 16.6 Å². The number of rotatable bonds is 8. The van der Waals surface area contributed by atoms with Crippen molar-refractivity contribution in [3.63, 3.8) is 0 Å². The molecule has 0 fully saturated rings. The van der Waals surface area contributed by atoms with Crippen LogP contribution in [0.3, 0.4) is 0 Å². The molecule has 0 bridgehead atoms. The molecular formula is C21H19Cl2N3OS. The minimum Gasteiger partial charge on any atom is -0.352 e. The molecule has 0 spiro atoms. The molecule has 1 heterocycles. The largest absolute Gasteiger partial charge is 0.352 e. The molecule has 7 heteroatoms. The Morgan fingerprint density at radius 1 is 1.21 bits per heavy atom. The maximum Gasteiger partial charge on any atom is 0.244 e. The van der Waals surface area contributed by atoms with Crippen molar-refractivity contribution in [1.29, 1.82) is 0 Å². The van der Waals surface area contributed by atoms with Gasteiger partial charge < -0.3 is 9.88 Å². The fourth-order valence-electron chi connectivity index (χ4n) is 2.49. The van der Waals surface area contributed by atoms with Crippen LogP contribution < -0.4 is 5.32 Å². The molecule has 0 aliphatic rings. The Kier molecular flexibility index (Phi) is 7.60. The summed E-state index contributed by atoms with van der Waals surface area (Å²) in [5.74, 6) is -0.107. The van der Waals surface area contributed by atoms with Crippen molar-refractivity contribution in [3.8, 4) is 0 Å². The average molecular weight is 432 g/mol. The fourth-order valence-corrected chi connectivity index (χ4v) is 3.90. The first kappa shape index (κ1) is 20.5. The van der Waals surface area contributed by atoms with Crippen LogP contribution in [0, 0.1) is 0 Å². The van der Waals surface area contributed by atoms with Crippen LogP contribution >= 0.6 is 35.0 Å². The van der Waals surface area contributed by atoms with Crippen LogP contribution in [0.4, 0.5) is 0 Å². The van der Waals surface area contributed by atoms with Gasteiger partial charge >= 0.3 is 0 Å². The van der Waals surface area contributed by atoms with Crippen LogP contribution in [-0.2, 0) is 11.3 Å². The van der Waals surface area contributed by atoms with Crippen LogP contribution in [0.5, 0.6) is 0 Å². The molecule has 0 saturated heterocycles. The van der Waals surface area contributed by atoms with Gasteiger partial charge in [0.25, 0.3) is 0 Å². The Bertz CT molecular complexity index is 958. The van der Waals surface area contributed by atoms with Gasteiger partial charge in [-0.3, -0.25) is 4.79 Å². The minimum absolute atomic E-state index is 0.107. The monoisotopic (exact) mass is 431 g/mol. The van der Waals surface area contributed by atoms with E-state index in [-0.39, 0.29) is 5.91 Å². The molecule has 2 aromatic carbocycles. The van der Waals surface area contributed by atoms with E-state index in [0.717, 1.165) is 28.3 Å². The van der Waals surface area contributed by atoms with Crippen LogP contribution in [0.25, 0.3) is 6.08 Å². The second-order valence-electron chi connectivity index (χ2n) is 6.03. The van der Waals surface area contributed by atoms with Crippen molar-refractivity contribution < 1.29 is 4.79 Å². The molecule has 1 aromatic heterocycles. The van der Waals surface area contributed by atoms with Crippen molar-refractivity contribution in [1.82, 2.24) is 14.9 Å². The molecule has 0 radical (unpaired) electrons. The number of carbonyl (C=O) groups is 1. The lowest BCUT2D eigenvalue weighted by molar-refractivity contribution is -0.116. The number of hydrogen-bond acceptors (Lipinski definition) is 3. The fraction of sp³-hybridized carbons (Fsp3) is 0.143. The van der Waals surface area contributed by atoms with Gasteiger partial charge in [0.2, 0.25) is 5.91 Å². The maximum absolute atomic E-state index is 12.0. The molecule has 28 heavy (non-hydrogen) atoms. The van der Waals surface area contributed by atoms with Gasteiger partial charge in [-0.2, -0.15) is 0 Å². The number of benzene rings is 2. The van der Waals surface area contributed by atoms with Crippen LogP contribution in [0.2, 0.25) is 10.0 Å². The minimum atomic E-state index is -0.107. The summed E-state index contributed by atoms with van der Waals surface area (Å²) in [5.41, 5.74) is 0.948. The third-order valence-electron chi connectivity index (χ3n) is 3.86. The number of halogens is 2. The van der Waals surface area contributed by atoms with E-state index < -0.39 is 0 Å². The highest BCUT2D eigenvalue weighted by atomic mass is 35.5. The summed E-state index contributed by atoms with van der Waals surface area (Å²) in [5, 5.41) is 4.12. The zero-order valence-electron chi connectivity index (χ0n) is 15.0. The number of imidazole rings is 1. The molecule has 3 rings (SSSR count). The summed E-state index contributed by atoms with van der Waals surface area (Å²) in [6.45, 7) is 1.45. The second kappa shape index (κ2) is 10.4. The van der Waals surface area contributed by atoms with Crippen molar-refractivity contribution in [2.24, 2.45) is 0 Å². The lowest BCUT2D eigenvalue weighted by Gasteiger charge is -2.06. The maximum atomic E-state index is 12.0. The lowest BCUT2D eigenvalue weighted by Crippen LogP contribution is -2.22. The van der Waals surface area contributed by atoms with Crippen molar-refractivity contribution in [3.05, 3.63) is 82.9 Å². The van der Waals surface area contributed by atoms with E-state index in [2.05, 4.69) is 10.3 Å². The van der Waals surface area contributed by atoms with Crippen LogP contribution in [-0.4, -0.2) is 22.0 Å². The Morgan fingerprint density at radius 2 is 2.11 bits per heavy atom. The van der Waals surface area contributed by atoms with Gasteiger partial charge in [-0.15, -0.1) is 0 Å². The van der Waals surface area contributed by atoms with Gasteiger partial charge in [-0.05, 0) is 48.4 Å². The standard InChI is InChI=1S/C21H19Cl2N3OS/c22-17-6-7-20(19(23)14-17)28-18-4-1-3-16(13-18)5-8-21(27)25-9-2-11-26-12-10-24-15-26/h1,3-8,10,12-15H,2,9,11H2,(H,25,27)/b8-5+. The van der Waals surface area contributed by atoms with Crippen molar-refractivity contribution >= 4 is 46.9 Å². The Balaban J connectivity index is 1.51. The first-order valence-electron chi connectivity index (χ1n) is 8.75. The quantitative estimate of drug-likeness (QED) is 0.375. The average Bonchev–Trinajstić information content (AvgIpc) is 3.20. The zero-order valence-corrected chi connectivity index (χ0v) is 17.3. The number of carbonyl (C=O) groups excluding carboxylic acids is 1. The molecule has 0 aliphatic carbocycles. The number of aryl methyl sites for hydroxylation is 1. The third-order valence-corrected chi connectivity index (χ3v) is 5.58. The summed E-state index contributed by atoms with van der Waals surface area (Å²) >= 11 is 13.7. The van der Waals surface area contributed by atoms with Crippen molar-refractivity contribution in [2.75, 3.05) is 6.54 Å². The summed E-state index contributed by atoms with van der Waals surface area (Å²) in [6, 6.07) is 13.4. The van der Waals surface area contributed by atoms with Gasteiger partial charge in [0.1, 0.15) is 0 Å². The molecule has 0 aliphatic heterocycles. The van der Waals surface area contributed by atoms with E-state index >= 15 is 0 Å². The molecule has 144 valence electrons. The lowest BCUT2D eigenvalue weighted by atomic mass is 10.2. The van der Waals surface area contributed by atoms with Gasteiger partial charge in [0.15, 0.2) is 0 Å². The van der Waals surface area contributed by atoms with E-state index in [1.807, 2.05) is 47.2 Å².